The van der Waals surface area contributed by atoms with Crippen molar-refractivity contribution in [1.82, 2.24) is 0 Å². The van der Waals surface area contributed by atoms with E-state index in [2.05, 4.69) is 5.32 Å². The lowest BCUT2D eigenvalue weighted by atomic mass is 10.2. The number of nitrogen functional groups attached to an aromatic ring is 1. The van der Waals surface area contributed by atoms with Crippen LogP contribution in [0.2, 0.25) is 20.1 Å². The second-order valence-electron chi connectivity index (χ2n) is 3.94. The number of hydrogen-bond acceptors (Lipinski definition) is 2. The number of benzene rings is 2. The molecule has 104 valence electrons. The Bertz CT molecular complexity index is 665. The van der Waals surface area contributed by atoms with Gasteiger partial charge in [0.15, 0.2) is 0 Å². The lowest BCUT2D eigenvalue weighted by Gasteiger charge is -2.11. The van der Waals surface area contributed by atoms with Gasteiger partial charge >= 0.3 is 0 Å². The summed E-state index contributed by atoms with van der Waals surface area (Å²) in [6.45, 7) is 0. The normalized spacial score (nSPS) is 10.4. The summed E-state index contributed by atoms with van der Waals surface area (Å²) in [5, 5.41) is 3.69. The molecule has 0 radical (unpaired) electrons. The molecule has 0 unspecified atom stereocenters. The number of carbonyl (C=O) groups excluding carboxylic acids is 1. The zero-order chi connectivity index (χ0) is 14.9. The maximum absolute atomic E-state index is 12.1. The van der Waals surface area contributed by atoms with Crippen LogP contribution in [0.25, 0.3) is 0 Å². The van der Waals surface area contributed by atoms with Gasteiger partial charge in [-0.25, -0.2) is 0 Å². The zero-order valence-corrected chi connectivity index (χ0v) is 12.9. The zero-order valence-electron chi connectivity index (χ0n) is 9.88. The van der Waals surface area contributed by atoms with Crippen molar-refractivity contribution in [2.24, 2.45) is 0 Å². The summed E-state index contributed by atoms with van der Waals surface area (Å²) in [6.07, 6.45) is 0. The van der Waals surface area contributed by atoms with Gasteiger partial charge in [0.05, 0.1) is 26.3 Å². The molecule has 1 amide bonds. The third-order valence-electron chi connectivity index (χ3n) is 2.48. The Morgan fingerprint density at radius 1 is 0.950 bits per heavy atom. The van der Waals surface area contributed by atoms with Crippen LogP contribution < -0.4 is 11.1 Å². The number of hydrogen-bond donors (Lipinski definition) is 2. The van der Waals surface area contributed by atoms with Crippen LogP contribution in [0.5, 0.6) is 0 Å². The molecule has 0 fully saturated rings. The number of rotatable bonds is 2. The highest BCUT2D eigenvalue weighted by Gasteiger charge is 2.15. The number of nitrogens with two attached hydrogens (primary N) is 1. The lowest BCUT2D eigenvalue weighted by molar-refractivity contribution is 0.102. The van der Waals surface area contributed by atoms with Crippen molar-refractivity contribution in [3.8, 4) is 0 Å². The van der Waals surface area contributed by atoms with Gasteiger partial charge in [0, 0.05) is 10.7 Å². The first-order valence-corrected chi connectivity index (χ1v) is 6.90. The second kappa shape index (κ2) is 6.10. The fourth-order valence-corrected chi connectivity index (χ4v) is 2.74. The van der Waals surface area contributed by atoms with Gasteiger partial charge in [-0.3, -0.25) is 4.79 Å². The molecule has 3 nitrogen and oxygen atoms in total. The van der Waals surface area contributed by atoms with Crippen LogP contribution in [0.1, 0.15) is 10.4 Å². The molecular weight excluding hydrogens is 342 g/mol. The number of carbonyl (C=O) groups is 1. The number of amides is 1. The Balaban J connectivity index is 2.33. The van der Waals surface area contributed by atoms with E-state index in [1.54, 1.807) is 6.07 Å². The monoisotopic (exact) mass is 348 g/mol. The predicted octanol–water partition coefficient (Wildman–Crippen LogP) is 5.13. The highest BCUT2D eigenvalue weighted by Crippen LogP contribution is 2.34. The summed E-state index contributed by atoms with van der Waals surface area (Å²) in [5.74, 6) is -0.443. The van der Waals surface area contributed by atoms with E-state index in [1.807, 2.05) is 0 Å². The minimum atomic E-state index is -0.443. The SMILES string of the molecule is Nc1ccc(C(=O)Nc2c(Cl)cc(Cl)cc2Cl)c(Cl)c1. The van der Waals surface area contributed by atoms with Gasteiger partial charge < -0.3 is 11.1 Å². The summed E-state index contributed by atoms with van der Waals surface area (Å²) in [4.78, 5) is 12.1. The first kappa shape index (κ1) is 15.3. The van der Waals surface area contributed by atoms with Crippen LogP contribution in [0.4, 0.5) is 11.4 Å². The van der Waals surface area contributed by atoms with Crippen LogP contribution in [0.3, 0.4) is 0 Å². The maximum Gasteiger partial charge on any atom is 0.257 e. The molecular formula is C13H8Cl4N2O. The van der Waals surface area contributed by atoms with Gasteiger partial charge in [-0.15, -0.1) is 0 Å². The van der Waals surface area contributed by atoms with Gasteiger partial charge in [0.2, 0.25) is 0 Å². The number of nitrogens with one attached hydrogen (secondary N) is 1. The second-order valence-corrected chi connectivity index (χ2v) is 5.60. The molecule has 2 aromatic rings. The van der Waals surface area contributed by atoms with Crippen molar-refractivity contribution in [3.05, 3.63) is 56.0 Å². The summed E-state index contributed by atoms with van der Waals surface area (Å²) >= 11 is 23.8. The molecule has 0 saturated carbocycles. The highest BCUT2D eigenvalue weighted by atomic mass is 35.5. The first-order chi connectivity index (χ1) is 9.38. The van der Waals surface area contributed by atoms with E-state index in [4.69, 9.17) is 52.1 Å². The van der Waals surface area contributed by atoms with E-state index in [9.17, 15) is 4.79 Å². The molecule has 0 aliphatic rings. The van der Waals surface area contributed by atoms with E-state index >= 15 is 0 Å². The van der Waals surface area contributed by atoms with Crippen LogP contribution >= 0.6 is 46.4 Å². The van der Waals surface area contributed by atoms with Crippen LogP contribution in [0.15, 0.2) is 30.3 Å². The largest absolute Gasteiger partial charge is 0.399 e. The van der Waals surface area contributed by atoms with Crippen LogP contribution in [-0.2, 0) is 0 Å². The summed E-state index contributed by atoms with van der Waals surface area (Å²) in [7, 11) is 0. The molecule has 0 heterocycles. The molecule has 2 aromatic carbocycles. The average molecular weight is 350 g/mol. The molecule has 0 saturated heterocycles. The minimum Gasteiger partial charge on any atom is -0.399 e. The minimum absolute atomic E-state index is 0.238. The number of anilines is 2. The van der Waals surface area contributed by atoms with Gasteiger partial charge in [0.1, 0.15) is 0 Å². The Kier molecular flexibility index (Phi) is 4.66. The van der Waals surface area contributed by atoms with Crippen molar-refractivity contribution >= 4 is 63.7 Å². The summed E-state index contributed by atoms with van der Waals surface area (Å²) in [6, 6.07) is 7.54. The third-order valence-corrected chi connectivity index (χ3v) is 3.61. The van der Waals surface area contributed by atoms with Gasteiger partial charge in [-0.1, -0.05) is 46.4 Å². The quantitative estimate of drug-likeness (QED) is 0.738. The van der Waals surface area contributed by atoms with Crippen LogP contribution in [0, 0.1) is 0 Å². The van der Waals surface area contributed by atoms with Crippen molar-refractivity contribution in [2.75, 3.05) is 11.1 Å². The molecule has 7 heteroatoms. The molecule has 0 aliphatic heterocycles. The maximum atomic E-state index is 12.1. The first-order valence-electron chi connectivity index (χ1n) is 5.39. The van der Waals surface area contributed by atoms with Crippen molar-refractivity contribution in [2.45, 2.75) is 0 Å². The van der Waals surface area contributed by atoms with Crippen molar-refractivity contribution < 1.29 is 4.79 Å². The van der Waals surface area contributed by atoms with E-state index < -0.39 is 5.91 Å². The van der Waals surface area contributed by atoms with E-state index in [0.29, 0.717) is 10.7 Å². The molecule has 3 N–H and O–H groups in total. The van der Waals surface area contributed by atoms with Gasteiger partial charge in [-0.05, 0) is 30.3 Å². The molecule has 0 bridgehead atoms. The molecule has 0 atom stereocenters. The molecule has 2 rings (SSSR count). The van der Waals surface area contributed by atoms with Crippen molar-refractivity contribution in [1.29, 1.82) is 0 Å². The number of halogens is 4. The Morgan fingerprint density at radius 3 is 2.10 bits per heavy atom. The lowest BCUT2D eigenvalue weighted by Crippen LogP contribution is -2.13. The van der Waals surface area contributed by atoms with E-state index in [0.717, 1.165) is 0 Å². The molecule has 20 heavy (non-hydrogen) atoms. The van der Waals surface area contributed by atoms with Gasteiger partial charge in [-0.2, -0.15) is 0 Å². The average Bonchev–Trinajstić information content (AvgIpc) is 2.33. The van der Waals surface area contributed by atoms with E-state index in [1.165, 1.54) is 24.3 Å². The van der Waals surface area contributed by atoms with Crippen molar-refractivity contribution in [3.63, 3.8) is 0 Å². The standard InChI is InChI=1S/C13H8Cl4N2O/c14-6-3-10(16)12(11(17)4-6)19-13(20)8-2-1-7(18)5-9(8)15/h1-5H,18H2,(H,19,20). The van der Waals surface area contributed by atoms with E-state index in [-0.39, 0.29) is 26.3 Å². The van der Waals surface area contributed by atoms with Gasteiger partial charge in [0.25, 0.3) is 5.91 Å². The Morgan fingerprint density at radius 2 is 1.55 bits per heavy atom. The molecule has 0 aliphatic carbocycles. The summed E-state index contributed by atoms with van der Waals surface area (Å²) < 4.78 is 0. The smallest absolute Gasteiger partial charge is 0.257 e. The molecule has 0 spiro atoms. The third kappa shape index (κ3) is 3.30. The fourth-order valence-electron chi connectivity index (χ4n) is 1.56. The highest BCUT2D eigenvalue weighted by molar-refractivity contribution is 6.42. The van der Waals surface area contributed by atoms with Crippen LogP contribution in [-0.4, -0.2) is 5.91 Å². The molecule has 0 aromatic heterocycles. The summed E-state index contributed by atoms with van der Waals surface area (Å²) in [5.41, 5.74) is 6.58. The predicted molar refractivity (Wildman–Crippen MR) is 85.3 cm³/mol. The topological polar surface area (TPSA) is 55.1 Å². The Hall–Kier alpha value is -1.13. The fraction of sp³-hybridized carbons (Fsp3) is 0. The Labute approximate surface area is 135 Å².